The summed E-state index contributed by atoms with van der Waals surface area (Å²) >= 11 is 1.59. The van der Waals surface area contributed by atoms with Gasteiger partial charge >= 0.3 is 0 Å². The fraction of sp³-hybridized carbons (Fsp3) is 0.261. The van der Waals surface area contributed by atoms with Gasteiger partial charge in [-0.1, -0.05) is 18.2 Å². The van der Waals surface area contributed by atoms with Crippen LogP contribution in [0.25, 0.3) is 11.3 Å². The highest BCUT2D eigenvalue weighted by atomic mass is 32.1. The van der Waals surface area contributed by atoms with Gasteiger partial charge in [-0.3, -0.25) is 0 Å². The molecule has 0 radical (unpaired) electrons. The van der Waals surface area contributed by atoms with Crippen molar-refractivity contribution < 1.29 is 14.2 Å². The number of hydrogen-bond acceptors (Lipinski definition) is 5. The highest BCUT2D eigenvalue weighted by Crippen LogP contribution is 2.41. The molecule has 0 spiro atoms. The lowest BCUT2D eigenvalue weighted by atomic mass is 10.1. The summed E-state index contributed by atoms with van der Waals surface area (Å²) in [6.45, 7) is 8.70. The van der Waals surface area contributed by atoms with Crippen molar-refractivity contribution in [3.63, 3.8) is 0 Å². The summed E-state index contributed by atoms with van der Waals surface area (Å²) in [5.74, 6) is 1.81. The third-order valence-corrected chi connectivity index (χ3v) is 5.51. The molecule has 0 saturated heterocycles. The molecule has 29 heavy (non-hydrogen) atoms. The molecule has 0 aliphatic heterocycles. The zero-order valence-corrected chi connectivity index (χ0v) is 18.3. The summed E-state index contributed by atoms with van der Waals surface area (Å²) < 4.78 is 18.6. The Morgan fingerprint density at radius 1 is 1.03 bits per heavy atom. The average Bonchev–Trinajstić information content (AvgIpc) is 3.12. The molecule has 152 valence electrons. The third-order valence-electron chi connectivity index (χ3n) is 4.65. The van der Waals surface area contributed by atoms with E-state index in [1.807, 2.05) is 18.2 Å². The number of rotatable bonds is 7. The first kappa shape index (κ1) is 20.7. The van der Waals surface area contributed by atoms with Crippen molar-refractivity contribution >= 4 is 17.0 Å². The molecule has 0 aliphatic carbocycles. The van der Waals surface area contributed by atoms with E-state index in [4.69, 9.17) is 19.2 Å². The Labute approximate surface area is 175 Å². The summed E-state index contributed by atoms with van der Waals surface area (Å²) in [6, 6.07) is 10.2. The Morgan fingerprint density at radius 3 is 2.31 bits per heavy atom. The van der Waals surface area contributed by atoms with Crippen LogP contribution in [-0.2, 0) is 6.54 Å². The van der Waals surface area contributed by atoms with E-state index >= 15 is 0 Å². The zero-order chi connectivity index (χ0) is 21.0. The summed E-state index contributed by atoms with van der Waals surface area (Å²) in [7, 11) is 4.84. The van der Waals surface area contributed by atoms with Crippen LogP contribution < -0.4 is 19.0 Å². The molecule has 5 nitrogen and oxygen atoms in total. The lowest BCUT2D eigenvalue weighted by Crippen LogP contribution is -2.15. The Bertz CT molecular complexity index is 1070. The first-order valence-corrected chi connectivity index (χ1v) is 10.1. The molecule has 0 amide bonds. The molecule has 6 heteroatoms. The van der Waals surface area contributed by atoms with Crippen molar-refractivity contribution in [1.29, 1.82) is 0 Å². The van der Waals surface area contributed by atoms with Gasteiger partial charge in [-0.05, 0) is 43.2 Å². The second kappa shape index (κ2) is 9.01. The summed E-state index contributed by atoms with van der Waals surface area (Å²) in [4.78, 5) is 5.84. The minimum Gasteiger partial charge on any atom is -0.493 e. The second-order valence-corrected chi connectivity index (χ2v) is 7.46. The first-order chi connectivity index (χ1) is 14.0. The minimum atomic E-state index is 0.574. The Balaban J connectivity index is 2.21. The van der Waals surface area contributed by atoms with Gasteiger partial charge in [0, 0.05) is 17.5 Å². The number of benzene rings is 2. The number of methoxy groups -OCH3 is 3. The van der Waals surface area contributed by atoms with E-state index < -0.39 is 0 Å². The van der Waals surface area contributed by atoms with Gasteiger partial charge in [-0.25, -0.2) is 4.99 Å². The van der Waals surface area contributed by atoms with Crippen LogP contribution in [0.2, 0.25) is 0 Å². The monoisotopic (exact) mass is 410 g/mol. The van der Waals surface area contributed by atoms with Gasteiger partial charge in [0.15, 0.2) is 16.3 Å². The van der Waals surface area contributed by atoms with E-state index in [1.54, 1.807) is 32.7 Å². The van der Waals surface area contributed by atoms with E-state index in [2.05, 4.69) is 48.6 Å². The van der Waals surface area contributed by atoms with Gasteiger partial charge in [-0.2, -0.15) is 0 Å². The van der Waals surface area contributed by atoms with E-state index in [-0.39, 0.29) is 0 Å². The second-order valence-electron chi connectivity index (χ2n) is 6.62. The van der Waals surface area contributed by atoms with Crippen LogP contribution in [0.1, 0.15) is 11.1 Å². The first-order valence-electron chi connectivity index (χ1n) is 9.24. The van der Waals surface area contributed by atoms with Gasteiger partial charge in [0.1, 0.15) is 0 Å². The van der Waals surface area contributed by atoms with Crippen molar-refractivity contribution in [3.05, 3.63) is 64.3 Å². The van der Waals surface area contributed by atoms with Gasteiger partial charge < -0.3 is 18.8 Å². The highest BCUT2D eigenvalue weighted by Gasteiger charge is 2.16. The van der Waals surface area contributed by atoms with Gasteiger partial charge in [-0.15, -0.1) is 17.9 Å². The Hall–Kier alpha value is -2.99. The van der Waals surface area contributed by atoms with E-state index in [9.17, 15) is 0 Å². The zero-order valence-electron chi connectivity index (χ0n) is 17.5. The fourth-order valence-corrected chi connectivity index (χ4v) is 4.06. The highest BCUT2D eigenvalue weighted by molar-refractivity contribution is 7.07. The standard InChI is InChI=1S/C23H26N2O3S/c1-7-10-25-19(17-12-20(26-4)22(28-6)21(13-17)27-5)14-29-23(25)24-18-11-15(2)8-9-16(18)3/h7-9,11-14H,1,10H2,2-6H3. The topological polar surface area (TPSA) is 45.0 Å². The third kappa shape index (κ3) is 4.22. The summed E-state index contributed by atoms with van der Waals surface area (Å²) in [5.41, 5.74) is 5.27. The van der Waals surface area contributed by atoms with Gasteiger partial charge in [0.05, 0.1) is 32.7 Å². The smallest absolute Gasteiger partial charge is 0.203 e. The maximum atomic E-state index is 5.52. The molecule has 1 aromatic heterocycles. The van der Waals surface area contributed by atoms with Gasteiger partial charge in [0.2, 0.25) is 5.75 Å². The van der Waals surface area contributed by atoms with Crippen LogP contribution in [0, 0.1) is 13.8 Å². The lowest BCUT2D eigenvalue weighted by Gasteiger charge is -2.15. The van der Waals surface area contributed by atoms with Crippen molar-refractivity contribution in [3.8, 4) is 28.5 Å². The molecule has 2 aromatic carbocycles. The molecule has 3 rings (SSSR count). The van der Waals surface area contributed by atoms with Crippen molar-refractivity contribution in [2.45, 2.75) is 20.4 Å². The predicted molar refractivity (Wildman–Crippen MR) is 119 cm³/mol. The number of hydrogen-bond donors (Lipinski definition) is 0. The number of allylic oxidation sites excluding steroid dienone is 1. The van der Waals surface area contributed by atoms with E-state index in [1.165, 1.54) is 5.56 Å². The Morgan fingerprint density at radius 2 is 1.72 bits per heavy atom. The van der Waals surface area contributed by atoms with Crippen LogP contribution in [0.3, 0.4) is 0 Å². The Kier molecular flexibility index (Phi) is 6.44. The molecule has 0 atom stereocenters. The van der Waals surface area contributed by atoms with E-state index in [0.717, 1.165) is 27.3 Å². The average molecular weight is 411 g/mol. The normalized spacial score (nSPS) is 11.4. The summed E-state index contributed by atoms with van der Waals surface area (Å²) in [5, 5.41) is 2.09. The molecule has 0 saturated carbocycles. The maximum absolute atomic E-state index is 5.52. The minimum absolute atomic E-state index is 0.574. The quantitative estimate of drug-likeness (QED) is 0.498. The van der Waals surface area contributed by atoms with Crippen LogP contribution >= 0.6 is 11.3 Å². The molecule has 3 aromatic rings. The molecule has 0 unspecified atom stereocenters. The van der Waals surface area contributed by atoms with Crippen LogP contribution in [0.15, 0.2) is 53.4 Å². The molecule has 0 bridgehead atoms. The predicted octanol–water partition coefficient (Wildman–Crippen LogP) is 5.28. The number of thiazole rings is 1. The number of ether oxygens (including phenoxy) is 3. The molecular weight excluding hydrogens is 384 g/mol. The van der Waals surface area contributed by atoms with Crippen LogP contribution in [0.5, 0.6) is 17.2 Å². The number of nitrogens with zero attached hydrogens (tertiary/aromatic N) is 2. The molecule has 0 aliphatic rings. The summed E-state index contributed by atoms with van der Waals surface area (Å²) in [6.07, 6.45) is 1.87. The molecule has 0 fully saturated rings. The van der Waals surface area contributed by atoms with Gasteiger partial charge in [0.25, 0.3) is 0 Å². The largest absolute Gasteiger partial charge is 0.493 e. The maximum Gasteiger partial charge on any atom is 0.203 e. The SMILES string of the molecule is C=CCn1c(-c2cc(OC)c(OC)c(OC)c2)csc1=Nc1cc(C)ccc1C. The molecule has 0 N–H and O–H groups in total. The fourth-order valence-electron chi connectivity index (χ4n) is 3.13. The lowest BCUT2D eigenvalue weighted by molar-refractivity contribution is 0.324. The molecular formula is C23H26N2O3S. The van der Waals surface area contributed by atoms with E-state index in [0.29, 0.717) is 23.8 Å². The van der Waals surface area contributed by atoms with Crippen molar-refractivity contribution in [2.75, 3.05) is 21.3 Å². The van der Waals surface area contributed by atoms with Crippen LogP contribution in [0.4, 0.5) is 5.69 Å². The molecule has 1 heterocycles. The number of aryl methyl sites for hydroxylation is 2. The number of aromatic nitrogens is 1. The van der Waals surface area contributed by atoms with Crippen molar-refractivity contribution in [1.82, 2.24) is 4.57 Å². The van der Waals surface area contributed by atoms with Crippen molar-refractivity contribution in [2.24, 2.45) is 4.99 Å². The van der Waals surface area contributed by atoms with Crippen LogP contribution in [-0.4, -0.2) is 25.9 Å².